The van der Waals surface area contributed by atoms with E-state index in [1.54, 1.807) is 25.3 Å². The molecule has 18 heavy (non-hydrogen) atoms. The van der Waals surface area contributed by atoms with Crippen LogP contribution >= 0.6 is 0 Å². The Morgan fingerprint density at radius 1 is 1.44 bits per heavy atom. The van der Waals surface area contributed by atoms with Crippen LogP contribution in [-0.2, 0) is 0 Å². The number of hydrogen-bond acceptors (Lipinski definition) is 2. The van der Waals surface area contributed by atoms with Crippen LogP contribution in [0.15, 0.2) is 18.2 Å². The molecule has 1 aromatic carbocycles. The van der Waals surface area contributed by atoms with Crippen LogP contribution in [0.4, 0.5) is 0 Å². The van der Waals surface area contributed by atoms with Gasteiger partial charge in [0.25, 0.3) is 0 Å². The topological polar surface area (TPSA) is 46.5 Å². The van der Waals surface area contributed by atoms with Gasteiger partial charge < -0.3 is 9.84 Å². The molecular formula is C15H20O3. The summed E-state index contributed by atoms with van der Waals surface area (Å²) in [6.07, 6.45) is 3.47. The number of carboxylic acids is 1. The van der Waals surface area contributed by atoms with Crippen LogP contribution in [0.1, 0.15) is 54.9 Å². The van der Waals surface area contributed by atoms with Crippen molar-refractivity contribution in [2.45, 2.75) is 39.0 Å². The molecule has 1 aromatic rings. The Labute approximate surface area is 108 Å². The van der Waals surface area contributed by atoms with Crippen molar-refractivity contribution in [2.75, 3.05) is 7.11 Å². The van der Waals surface area contributed by atoms with Crippen LogP contribution in [0.3, 0.4) is 0 Å². The zero-order chi connectivity index (χ0) is 13.3. The lowest BCUT2D eigenvalue weighted by atomic mass is 9.77. The maximum Gasteiger partial charge on any atom is 0.335 e. The number of aromatic carboxylic acids is 1. The number of hydrogen-bond donors (Lipinski definition) is 1. The van der Waals surface area contributed by atoms with Crippen LogP contribution in [-0.4, -0.2) is 18.2 Å². The first-order valence-corrected chi connectivity index (χ1v) is 6.37. The fourth-order valence-electron chi connectivity index (χ4n) is 3.04. The molecule has 3 heteroatoms. The van der Waals surface area contributed by atoms with Crippen molar-refractivity contribution in [1.82, 2.24) is 0 Å². The molecule has 0 saturated heterocycles. The van der Waals surface area contributed by atoms with Gasteiger partial charge in [-0.15, -0.1) is 0 Å². The highest BCUT2D eigenvalue weighted by Crippen LogP contribution is 2.51. The molecule has 0 spiro atoms. The van der Waals surface area contributed by atoms with E-state index in [0.717, 1.165) is 17.7 Å². The van der Waals surface area contributed by atoms with E-state index in [9.17, 15) is 4.79 Å². The lowest BCUT2D eigenvalue weighted by Gasteiger charge is -2.28. The molecule has 2 rings (SSSR count). The Bertz CT molecular complexity index is 463. The number of rotatable bonds is 3. The maximum absolute atomic E-state index is 11.1. The summed E-state index contributed by atoms with van der Waals surface area (Å²) in [7, 11) is 1.64. The zero-order valence-corrected chi connectivity index (χ0v) is 11.2. The van der Waals surface area contributed by atoms with E-state index in [1.807, 2.05) is 0 Å². The second-order valence-electron chi connectivity index (χ2n) is 5.70. The van der Waals surface area contributed by atoms with E-state index in [2.05, 4.69) is 13.8 Å². The minimum absolute atomic E-state index is 0.213. The van der Waals surface area contributed by atoms with Gasteiger partial charge in [-0.05, 0) is 47.9 Å². The van der Waals surface area contributed by atoms with E-state index >= 15 is 0 Å². The summed E-state index contributed by atoms with van der Waals surface area (Å²) in [6.45, 7) is 4.50. The van der Waals surface area contributed by atoms with Gasteiger partial charge in [-0.3, -0.25) is 0 Å². The molecule has 1 unspecified atom stereocenters. The molecule has 0 bridgehead atoms. The van der Waals surface area contributed by atoms with Crippen LogP contribution in [0.25, 0.3) is 0 Å². The first-order valence-electron chi connectivity index (χ1n) is 6.37. The summed E-state index contributed by atoms with van der Waals surface area (Å²) in [5, 5.41) is 9.10. The summed E-state index contributed by atoms with van der Waals surface area (Å²) in [5.74, 6) is 0.307. The summed E-state index contributed by atoms with van der Waals surface area (Å²) in [6, 6.07) is 5.15. The third-order valence-corrected chi connectivity index (χ3v) is 4.11. The lowest BCUT2D eigenvalue weighted by Crippen LogP contribution is -2.16. The molecule has 1 aliphatic rings. The van der Waals surface area contributed by atoms with Crippen molar-refractivity contribution in [3.63, 3.8) is 0 Å². The number of methoxy groups -OCH3 is 1. The van der Waals surface area contributed by atoms with Gasteiger partial charge in [0.1, 0.15) is 5.75 Å². The normalized spacial score (nSPS) is 21.8. The highest BCUT2D eigenvalue weighted by molar-refractivity contribution is 5.88. The van der Waals surface area contributed by atoms with Crippen molar-refractivity contribution in [3.05, 3.63) is 29.3 Å². The number of carbonyl (C=O) groups is 1. The van der Waals surface area contributed by atoms with Gasteiger partial charge in [0.15, 0.2) is 0 Å². The van der Waals surface area contributed by atoms with Crippen LogP contribution < -0.4 is 4.74 Å². The molecule has 3 nitrogen and oxygen atoms in total. The molecule has 0 aromatic heterocycles. The molecule has 1 atom stereocenters. The highest BCUT2D eigenvalue weighted by Gasteiger charge is 2.37. The van der Waals surface area contributed by atoms with Gasteiger partial charge in [-0.1, -0.05) is 20.3 Å². The number of carboxylic acid groups (broad SMARTS) is 1. The summed E-state index contributed by atoms with van der Waals surface area (Å²) in [5.41, 5.74) is 1.60. The smallest absolute Gasteiger partial charge is 0.335 e. The Morgan fingerprint density at radius 2 is 2.17 bits per heavy atom. The van der Waals surface area contributed by atoms with E-state index < -0.39 is 5.97 Å². The monoisotopic (exact) mass is 248 g/mol. The fourth-order valence-corrected chi connectivity index (χ4v) is 3.04. The Kier molecular flexibility index (Phi) is 3.33. The molecule has 0 heterocycles. The van der Waals surface area contributed by atoms with Gasteiger partial charge in [-0.25, -0.2) is 4.79 Å². The third-order valence-electron chi connectivity index (χ3n) is 4.11. The number of ether oxygens (including phenoxy) is 1. The highest BCUT2D eigenvalue weighted by atomic mass is 16.5. The van der Waals surface area contributed by atoms with Crippen molar-refractivity contribution < 1.29 is 14.6 Å². The second kappa shape index (κ2) is 4.63. The summed E-state index contributed by atoms with van der Waals surface area (Å²) >= 11 is 0. The predicted molar refractivity (Wildman–Crippen MR) is 70.3 cm³/mol. The Morgan fingerprint density at radius 3 is 2.67 bits per heavy atom. The third kappa shape index (κ3) is 2.22. The Balaban J connectivity index is 2.47. The first-order chi connectivity index (χ1) is 8.45. The average Bonchev–Trinajstić information content (AvgIpc) is 2.67. The van der Waals surface area contributed by atoms with Crippen molar-refractivity contribution in [1.29, 1.82) is 0 Å². The summed E-state index contributed by atoms with van der Waals surface area (Å²) in [4.78, 5) is 11.1. The molecule has 1 N–H and O–H groups in total. The van der Waals surface area contributed by atoms with Gasteiger partial charge in [0.2, 0.25) is 0 Å². The molecule has 0 amide bonds. The SMILES string of the molecule is COc1ccc(C(=O)O)cc1C1CCCC1(C)C. The average molecular weight is 248 g/mol. The van der Waals surface area contributed by atoms with Gasteiger partial charge in [-0.2, -0.15) is 0 Å². The van der Waals surface area contributed by atoms with Crippen molar-refractivity contribution in [2.24, 2.45) is 5.41 Å². The van der Waals surface area contributed by atoms with Crippen LogP contribution in [0.2, 0.25) is 0 Å². The maximum atomic E-state index is 11.1. The second-order valence-corrected chi connectivity index (χ2v) is 5.70. The van der Waals surface area contributed by atoms with Crippen molar-refractivity contribution in [3.8, 4) is 5.75 Å². The van der Waals surface area contributed by atoms with Gasteiger partial charge in [0, 0.05) is 0 Å². The fraction of sp³-hybridized carbons (Fsp3) is 0.533. The minimum Gasteiger partial charge on any atom is -0.496 e. The molecule has 1 fully saturated rings. The summed E-state index contributed by atoms with van der Waals surface area (Å²) < 4.78 is 5.39. The van der Waals surface area contributed by atoms with E-state index in [-0.39, 0.29) is 5.41 Å². The van der Waals surface area contributed by atoms with Crippen LogP contribution in [0.5, 0.6) is 5.75 Å². The molecule has 1 aliphatic carbocycles. The molecule has 0 radical (unpaired) electrons. The molecule has 98 valence electrons. The predicted octanol–water partition coefficient (Wildman–Crippen LogP) is 3.69. The van der Waals surface area contributed by atoms with E-state index in [0.29, 0.717) is 11.5 Å². The Hall–Kier alpha value is -1.51. The van der Waals surface area contributed by atoms with E-state index in [4.69, 9.17) is 9.84 Å². The molecule has 1 saturated carbocycles. The minimum atomic E-state index is -0.880. The zero-order valence-electron chi connectivity index (χ0n) is 11.2. The van der Waals surface area contributed by atoms with E-state index in [1.165, 1.54) is 12.8 Å². The van der Waals surface area contributed by atoms with Gasteiger partial charge in [0.05, 0.1) is 12.7 Å². The first kappa shape index (κ1) is 12.9. The standard InChI is InChI=1S/C15H20O3/c1-15(2)8-4-5-12(15)11-9-10(14(16)17)6-7-13(11)18-3/h6-7,9,12H,4-5,8H2,1-3H3,(H,16,17). The number of benzene rings is 1. The van der Waals surface area contributed by atoms with Gasteiger partial charge >= 0.3 is 5.97 Å². The van der Waals surface area contributed by atoms with Crippen molar-refractivity contribution >= 4 is 5.97 Å². The largest absolute Gasteiger partial charge is 0.496 e. The quantitative estimate of drug-likeness (QED) is 0.887. The van der Waals surface area contributed by atoms with Crippen LogP contribution in [0, 0.1) is 5.41 Å². The lowest BCUT2D eigenvalue weighted by molar-refractivity contribution is 0.0696. The molecule has 0 aliphatic heterocycles. The molecular weight excluding hydrogens is 228 g/mol.